The smallest absolute Gasteiger partial charge is 0.211 e. The third-order valence-corrected chi connectivity index (χ3v) is 4.78. The third kappa shape index (κ3) is 2.36. The van der Waals surface area contributed by atoms with Crippen molar-refractivity contribution in [3.63, 3.8) is 0 Å². The zero-order chi connectivity index (χ0) is 10.1. The maximum atomic E-state index is 11.5. The molecule has 78 valence electrons. The van der Waals surface area contributed by atoms with Gasteiger partial charge >= 0.3 is 0 Å². The van der Waals surface area contributed by atoms with Crippen LogP contribution in [0.25, 0.3) is 0 Å². The number of hydrogen-bond donors (Lipinski definition) is 0. The Kier molecular flexibility index (Phi) is 3.60. The van der Waals surface area contributed by atoms with Crippen LogP contribution in [0.2, 0.25) is 0 Å². The lowest BCUT2D eigenvalue weighted by Crippen LogP contribution is -2.38. The Bertz CT molecular complexity index is 263. The lowest BCUT2D eigenvalue weighted by molar-refractivity contribution is 0.317. The van der Waals surface area contributed by atoms with Gasteiger partial charge in [0.1, 0.15) is 5.21 Å². The third-order valence-electron chi connectivity index (χ3n) is 2.51. The zero-order valence-corrected chi connectivity index (χ0v) is 9.61. The Labute approximate surface area is 85.1 Å². The second-order valence-electron chi connectivity index (χ2n) is 3.79. The first-order chi connectivity index (χ1) is 5.99. The van der Waals surface area contributed by atoms with Crippen LogP contribution in [-0.2, 0) is 10.0 Å². The van der Waals surface area contributed by atoms with E-state index in [0.717, 1.165) is 12.8 Å². The average Bonchev–Trinajstić information content (AvgIpc) is 2.52. The lowest BCUT2D eigenvalue weighted by atomic mass is 10.0. The van der Waals surface area contributed by atoms with Crippen LogP contribution in [0.1, 0.15) is 26.7 Å². The van der Waals surface area contributed by atoms with E-state index in [0.29, 0.717) is 12.5 Å². The normalized spacial score (nSPS) is 25.7. The van der Waals surface area contributed by atoms with E-state index in [4.69, 9.17) is 11.6 Å². The first-order valence-corrected chi connectivity index (χ1v) is 6.69. The van der Waals surface area contributed by atoms with Crippen LogP contribution >= 0.6 is 11.6 Å². The van der Waals surface area contributed by atoms with E-state index < -0.39 is 10.0 Å². The van der Waals surface area contributed by atoms with Gasteiger partial charge in [-0.05, 0) is 18.8 Å². The van der Waals surface area contributed by atoms with Crippen LogP contribution in [0.15, 0.2) is 0 Å². The fourth-order valence-electron chi connectivity index (χ4n) is 1.84. The first kappa shape index (κ1) is 11.3. The number of alkyl halides is 1. The summed E-state index contributed by atoms with van der Waals surface area (Å²) >= 11 is 5.41. The molecule has 3 nitrogen and oxygen atoms in total. The Morgan fingerprint density at radius 3 is 2.62 bits per heavy atom. The van der Waals surface area contributed by atoms with Crippen LogP contribution in [0.5, 0.6) is 0 Å². The number of nitrogens with zero attached hydrogens (tertiary/aromatic N) is 1. The summed E-state index contributed by atoms with van der Waals surface area (Å²) in [6.07, 6.45) is 1.92. The van der Waals surface area contributed by atoms with Crippen molar-refractivity contribution in [2.45, 2.75) is 32.7 Å². The van der Waals surface area contributed by atoms with E-state index in [1.54, 1.807) is 4.31 Å². The van der Waals surface area contributed by atoms with E-state index in [9.17, 15) is 8.42 Å². The van der Waals surface area contributed by atoms with Gasteiger partial charge in [-0.25, -0.2) is 8.42 Å². The predicted octanol–water partition coefficient (Wildman–Crippen LogP) is 1.63. The van der Waals surface area contributed by atoms with Crippen molar-refractivity contribution in [2.24, 2.45) is 5.92 Å². The van der Waals surface area contributed by atoms with Crippen molar-refractivity contribution in [1.82, 2.24) is 4.31 Å². The minimum absolute atomic E-state index is 0.156. The molecule has 0 N–H and O–H groups in total. The Morgan fingerprint density at radius 2 is 2.15 bits per heavy atom. The Balaban J connectivity index is 2.80. The molecular weight excluding hydrogens is 210 g/mol. The molecule has 0 bridgehead atoms. The second kappa shape index (κ2) is 4.15. The van der Waals surface area contributed by atoms with Gasteiger partial charge in [0.05, 0.1) is 0 Å². The van der Waals surface area contributed by atoms with Gasteiger partial charge in [0.15, 0.2) is 0 Å². The summed E-state index contributed by atoms with van der Waals surface area (Å²) in [5.41, 5.74) is 0. The molecule has 5 heteroatoms. The Hall–Kier alpha value is 0.200. The van der Waals surface area contributed by atoms with Crippen molar-refractivity contribution in [1.29, 1.82) is 0 Å². The van der Waals surface area contributed by atoms with Crippen molar-refractivity contribution >= 4 is 21.6 Å². The second-order valence-corrected chi connectivity index (χ2v) is 6.29. The summed E-state index contributed by atoms with van der Waals surface area (Å²) in [7, 11) is -3.19. The molecule has 1 aliphatic heterocycles. The summed E-state index contributed by atoms with van der Waals surface area (Å²) in [4.78, 5) is 0. The Morgan fingerprint density at radius 1 is 1.54 bits per heavy atom. The average molecular weight is 226 g/mol. The summed E-state index contributed by atoms with van der Waals surface area (Å²) in [5, 5.41) is -0.295. The highest BCUT2D eigenvalue weighted by Gasteiger charge is 2.34. The molecule has 1 unspecified atom stereocenters. The molecule has 0 spiro atoms. The highest BCUT2D eigenvalue weighted by molar-refractivity contribution is 7.90. The quantitative estimate of drug-likeness (QED) is 0.685. The van der Waals surface area contributed by atoms with Gasteiger partial charge in [-0.15, -0.1) is 11.6 Å². The number of halogens is 1. The molecule has 0 saturated carbocycles. The summed E-state index contributed by atoms with van der Waals surface area (Å²) in [6.45, 7) is 4.73. The molecule has 1 atom stereocenters. The largest absolute Gasteiger partial charge is 0.228 e. The minimum Gasteiger partial charge on any atom is -0.211 e. The first-order valence-electron chi connectivity index (χ1n) is 4.54. The minimum atomic E-state index is -3.19. The summed E-state index contributed by atoms with van der Waals surface area (Å²) in [6, 6.07) is 0.156. The van der Waals surface area contributed by atoms with Gasteiger partial charge in [-0.3, -0.25) is 0 Å². The van der Waals surface area contributed by atoms with E-state index in [1.165, 1.54) is 0 Å². The van der Waals surface area contributed by atoms with Gasteiger partial charge in [0.2, 0.25) is 10.0 Å². The molecule has 1 aliphatic rings. The molecule has 0 aliphatic carbocycles. The molecule has 0 amide bonds. The SMILES string of the molecule is CC(C)C1CCCN1S(=O)(=O)CCl. The fourth-order valence-corrected chi connectivity index (χ4v) is 3.51. The topological polar surface area (TPSA) is 37.4 Å². The summed E-state index contributed by atoms with van der Waals surface area (Å²) < 4.78 is 24.6. The van der Waals surface area contributed by atoms with Crippen LogP contribution in [0, 0.1) is 5.92 Å². The van der Waals surface area contributed by atoms with Gasteiger partial charge < -0.3 is 0 Å². The molecule has 0 aromatic heterocycles. The van der Waals surface area contributed by atoms with Crippen molar-refractivity contribution in [3.8, 4) is 0 Å². The van der Waals surface area contributed by atoms with Crippen molar-refractivity contribution < 1.29 is 8.42 Å². The molecule has 0 radical (unpaired) electrons. The highest BCUT2D eigenvalue weighted by Crippen LogP contribution is 2.26. The van der Waals surface area contributed by atoms with Crippen LogP contribution in [0.4, 0.5) is 0 Å². The van der Waals surface area contributed by atoms with Gasteiger partial charge in [-0.1, -0.05) is 13.8 Å². The molecule has 1 saturated heterocycles. The number of rotatable bonds is 3. The molecule has 1 rings (SSSR count). The zero-order valence-electron chi connectivity index (χ0n) is 8.03. The molecule has 13 heavy (non-hydrogen) atoms. The molecule has 0 aromatic rings. The van der Waals surface area contributed by atoms with E-state index in [1.807, 2.05) is 13.8 Å². The van der Waals surface area contributed by atoms with Gasteiger partial charge in [0, 0.05) is 12.6 Å². The predicted molar refractivity (Wildman–Crippen MR) is 54.2 cm³/mol. The monoisotopic (exact) mass is 225 g/mol. The molecule has 1 heterocycles. The fraction of sp³-hybridized carbons (Fsp3) is 1.00. The molecular formula is C8H16ClNO2S. The van der Waals surface area contributed by atoms with Crippen LogP contribution in [0.3, 0.4) is 0 Å². The number of hydrogen-bond acceptors (Lipinski definition) is 2. The van der Waals surface area contributed by atoms with Crippen molar-refractivity contribution in [2.75, 3.05) is 11.8 Å². The molecule has 0 aromatic carbocycles. The summed E-state index contributed by atoms with van der Waals surface area (Å²) in [5.74, 6) is 0.375. The van der Waals surface area contributed by atoms with Crippen LogP contribution < -0.4 is 0 Å². The van der Waals surface area contributed by atoms with Crippen molar-refractivity contribution in [3.05, 3.63) is 0 Å². The van der Waals surface area contributed by atoms with E-state index >= 15 is 0 Å². The van der Waals surface area contributed by atoms with Crippen LogP contribution in [-0.4, -0.2) is 30.5 Å². The number of sulfonamides is 1. The lowest BCUT2D eigenvalue weighted by Gasteiger charge is -2.25. The van der Waals surface area contributed by atoms with E-state index in [2.05, 4.69) is 0 Å². The van der Waals surface area contributed by atoms with Gasteiger partial charge in [-0.2, -0.15) is 4.31 Å². The standard InChI is InChI=1S/C8H16ClNO2S/c1-7(2)8-4-3-5-10(8)13(11,12)6-9/h7-8H,3-6H2,1-2H3. The maximum absolute atomic E-state index is 11.5. The van der Waals surface area contributed by atoms with Gasteiger partial charge in [0.25, 0.3) is 0 Å². The van der Waals surface area contributed by atoms with E-state index in [-0.39, 0.29) is 11.3 Å². The maximum Gasteiger partial charge on any atom is 0.228 e. The molecule has 1 fully saturated rings. The highest BCUT2D eigenvalue weighted by atomic mass is 35.5.